The minimum atomic E-state index is -0.504. The van der Waals surface area contributed by atoms with E-state index in [1.54, 1.807) is 19.2 Å². The molecular weight excluding hydrogens is 210 g/mol. The number of alkyl halides is 1. The van der Waals surface area contributed by atoms with Gasteiger partial charge in [-0.2, -0.15) is 0 Å². The highest BCUT2D eigenvalue weighted by atomic mass is 35.5. The average Bonchev–Trinajstić information content (AvgIpc) is 2.27. The van der Waals surface area contributed by atoms with Crippen LogP contribution in [0.2, 0.25) is 0 Å². The Morgan fingerprint density at radius 3 is 2.80 bits per heavy atom. The molecule has 0 amide bonds. The molecule has 2 aromatic rings. The van der Waals surface area contributed by atoms with Crippen LogP contribution in [0.4, 0.5) is 0 Å². The lowest BCUT2D eigenvalue weighted by Crippen LogP contribution is -2.11. The number of ketones is 1. The van der Waals surface area contributed by atoms with Crippen LogP contribution in [-0.4, -0.2) is 16.1 Å². The maximum absolute atomic E-state index is 11.8. The number of Topliss-reactive ketones (excluding diaryl/α,β-unsaturated/α-hetero) is 1. The van der Waals surface area contributed by atoms with E-state index in [1.165, 1.54) is 0 Å². The van der Waals surface area contributed by atoms with Crippen molar-refractivity contribution < 1.29 is 4.79 Å². The Morgan fingerprint density at radius 1 is 1.33 bits per heavy atom. The minimum Gasteiger partial charge on any atom is -0.292 e. The van der Waals surface area contributed by atoms with E-state index < -0.39 is 5.38 Å². The standard InChI is InChI=1S/C12H10ClNO/c1-8(13)12(15)10-6-7-14-11-5-3-2-4-9(10)11/h2-8H,1H3. The third kappa shape index (κ3) is 1.85. The summed E-state index contributed by atoms with van der Waals surface area (Å²) in [6.07, 6.45) is 1.63. The highest BCUT2D eigenvalue weighted by molar-refractivity contribution is 6.34. The Labute approximate surface area is 92.9 Å². The van der Waals surface area contributed by atoms with E-state index in [2.05, 4.69) is 4.98 Å². The van der Waals surface area contributed by atoms with Crippen LogP contribution in [0.25, 0.3) is 10.9 Å². The molecule has 3 heteroatoms. The van der Waals surface area contributed by atoms with Crippen molar-refractivity contribution in [3.05, 3.63) is 42.1 Å². The van der Waals surface area contributed by atoms with Crippen LogP contribution in [0.3, 0.4) is 0 Å². The predicted molar refractivity (Wildman–Crippen MR) is 61.4 cm³/mol. The van der Waals surface area contributed by atoms with Crippen LogP contribution in [-0.2, 0) is 0 Å². The molecular formula is C12H10ClNO. The van der Waals surface area contributed by atoms with Crippen molar-refractivity contribution in [2.45, 2.75) is 12.3 Å². The number of carbonyl (C=O) groups excluding carboxylic acids is 1. The van der Waals surface area contributed by atoms with Crippen molar-refractivity contribution in [2.75, 3.05) is 0 Å². The van der Waals surface area contributed by atoms with E-state index in [0.29, 0.717) is 5.56 Å². The molecule has 0 spiro atoms. The Kier molecular flexibility index (Phi) is 2.69. The lowest BCUT2D eigenvalue weighted by molar-refractivity contribution is 0.0993. The van der Waals surface area contributed by atoms with Crippen LogP contribution >= 0.6 is 11.6 Å². The fourth-order valence-corrected chi connectivity index (χ4v) is 1.64. The maximum Gasteiger partial charge on any atom is 0.181 e. The van der Waals surface area contributed by atoms with Gasteiger partial charge in [0.25, 0.3) is 0 Å². The highest BCUT2D eigenvalue weighted by Crippen LogP contribution is 2.18. The molecule has 1 aromatic heterocycles. The molecule has 2 rings (SSSR count). The first-order valence-corrected chi connectivity index (χ1v) is 5.16. The van der Waals surface area contributed by atoms with E-state index in [0.717, 1.165) is 10.9 Å². The first kappa shape index (κ1) is 10.1. The Hall–Kier alpha value is -1.41. The summed E-state index contributed by atoms with van der Waals surface area (Å²) in [7, 11) is 0. The number of nitrogens with zero attached hydrogens (tertiary/aromatic N) is 1. The van der Waals surface area contributed by atoms with Gasteiger partial charge in [-0.05, 0) is 19.1 Å². The first-order chi connectivity index (χ1) is 7.20. The summed E-state index contributed by atoms with van der Waals surface area (Å²) in [5.41, 5.74) is 1.46. The largest absolute Gasteiger partial charge is 0.292 e. The predicted octanol–water partition coefficient (Wildman–Crippen LogP) is 3.04. The second-order valence-corrected chi connectivity index (χ2v) is 4.01. The summed E-state index contributed by atoms with van der Waals surface area (Å²) in [5, 5.41) is 0.355. The molecule has 0 radical (unpaired) electrons. The van der Waals surface area contributed by atoms with E-state index in [4.69, 9.17) is 11.6 Å². The molecule has 15 heavy (non-hydrogen) atoms. The number of carbonyl (C=O) groups is 1. The average molecular weight is 220 g/mol. The molecule has 0 saturated carbocycles. The van der Waals surface area contributed by atoms with Crippen molar-refractivity contribution in [3.8, 4) is 0 Å². The van der Waals surface area contributed by atoms with Gasteiger partial charge in [0.1, 0.15) is 0 Å². The van der Waals surface area contributed by atoms with E-state index in [9.17, 15) is 4.79 Å². The zero-order valence-corrected chi connectivity index (χ0v) is 9.03. The number of hydrogen-bond donors (Lipinski definition) is 0. The highest BCUT2D eigenvalue weighted by Gasteiger charge is 2.14. The summed E-state index contributed by atoms with van der Waals surface area (Å²) in [6.45, 7) is 1.68. The lowest BCUT2D eigenvalue weighted by Gasteiger charge is -2.05. The topological polar surface area (TPSA) is 30.0 Å². The molecule has 0 saturated heterocycles. The number of halogens is 1. The lowest BCUT2D eigenvalue weighted by atomic mass is 10.0. The second kappa shape index (κ2) is 3.99. The van der Waals surface area contributed by atoms with Gasteiger partial charge in [-0.15, -0.1) is 11.6 Å². The van der Waals surface area contributed by atoms with Crippen molar-refractivity contribution in [1.82, 2.24) is 4.98 Å². The zero-order chi connectivity index (χ0) is 10.8. The summed E-state index contributed by atoms with van der Waals surface area (Å²) in [6, 6.07) is 9.26. The van der Waals surface area contributed by atoms with Crippen LogP contribution in [0, 0.1) is 0 Å². The van der Waals surface area contributed by atoms with Gasteiger partial charge in [0.15, 0.2) is 5.78 Å². The maximum atomic E-state index is 11.8. The third-order valence-corrected chi connectivity index (χ3v) is 2.47. The van der Waals surface area contributed by atoms with Gasteiger partial charge < -0.3 is 0 Å². The summed E-state index contributed by atoms with van der Waals surface area (Å²) in [5.74, 6) is -0.0599. The number of benzene rings is 1. The van der Waals surface area contributed by atoms with Crippen LogP contribution in [0.1, 0.15) is 17.3 Å². The van der Waals surface area contributed by atoms with E-state index in [-0.39, 0.29) is 5.78 Å². The van der Waals surface area contributed by atoms with Crippen molar-refractivity contribution in [2.24, 2.45) is 0 Å². The fourth-order valence-electron chi connectivity index (χ4n) is 1.52. The normalized spacial score (nSPS) is 12.7. The number of aromatic nitrogens is 1. The number of pyridine rings is 1. The zero-order valence-electron chi connectivity index (χ0n) is 8.27. The number of para-hydroxylation sites is 1. The number of rotatable bonds is 2. The van der Waals surface area contributed by atoms with E-state index in [1.807, 2.05) is 24.3 Å². The first-order valence-electron chi connectivity index (χ1n) is 4.72. The Bertz CT molecular complexity index is 502. The van der Waals surface area contributed by atoms with E-state index >= 15 is 0 Å². The Morgan fingerprint density at radius 2 is 2.07 bits per heavy atom. The quantitative estimate of drug-likeness (QED) is 0.574. The number of hydrogen-bond acceptors (Lipinski definition) is 2. The summed E-state index contributed by atoms with van der Waals surface area (Å²) >= 11 is 5.79. The molecule has 2 nitrogen and oxygen atoms in total. The Balaban J connectivity index is 2.66. The molecule has 1 aromatic carbocycles. The smallest absolute Gasteiger partial charge is 0.181 e. The van der Waals surface area contributed by atoms with Crippen molar-refractivity contribution >= 4 is 28.3 Å². The molecule has 1 atom stereocenters. The van der Waals surface area contributed by atoms with Crippen LogP contribution < -0.4 is 0 Å². The van der Waals surface area contributed by atoms with Crippen LogP contribution in [0.15, 0.2) is 36.5 Å². The monoisotopic (exact) mass is 219 g/mol. The van der Waals surface area contributed by atoms with Gasteiger partial charge in [0.2, 0.25) is 0 Å². The van der Waals surface area contributed by atoms with Gasteiger partial charge in [0, 0.05) is 17.1 Å². The molecule has 1 unspecified atom stereocenters. The molecule has 0 bridgehead atoms. The van der Waals surface area contributed by atoms with Gasteiger partial charge in [-0.25, -0.2) is 0 Å². The van der Waals surface area contributed by atoms with Gasteiger partial charge >= 0.3 is 0 Å². The minimum absolute atomic E-state index is 0.0599. The van der Waals surface area contributed by atoms with Gasteiger partial charge in [0.05, 0.1) is 10.9 Å². The SMILES string of the molecule is CC(Cl)C(=O)c1ccnc2ccccc12. The number of fused-ring (bicyclic) bond motifs is 1. The molecule has 0 aliphatic rings. The molecule has 1 heterocycles. The van der Waals surface area contributed by atoms with Crippen LogP contribution in [0.5, 0.6) is 0 Å². The summed E-state index contributed by atoms with van der Waals surface area (Å²) in [4.78, 5) is 16.0. The second-order valence-electron chi connectivity index (χ2n) is 3.36. The van der Waals surface area contributed by atoms with Gasteiger partial charge in [-0.1, -0.05) is 18.2 Å². The van der Waals surface area contributed by atoms with Crippen molar-refractivity contribution in [3.63, 3.8) is 0 Å². The molecule has 0 N–H and O–H groups in total. The van der Waals surface area contributed by atoms with Crippen molar-refractivity contribution in [1.29, 1.82) is 0 Å². The fraction of sp³-hybridized carbons (Fsp3) is 0.167. The molecule has 0 aliphatic carbocycles. The molecule has 76 valence electrons. The molecule has 0 fully saturated rings. The van der Waals surface area contributed by atoms with Gasteiger partial charge in [-0.3, -0.25) is 9.78 Å². The third-order valence-electron chi connectivity index (χ3n) is 2.28. The summed E-state index contributed by atoms with van der Waals surface area (Å²) < 4.78 is 0. The molecule has 0 aliphatic heterocycles.